The molecular formula is C34H39N3O3S. The second-order valence-electron chi connectivity index (χ2n) is 11.9. The Morgan fingerprint density at radius 3 is 2.24 bits per heavy atom. The van der Waals surface area contributed by atoms with Gasteiger partial charge >= 0.3 is 0 Å². The fraction of sp³-hybridized carbons (Fsp3) is 0.441. The molecule has 2 amide bonds. The summed E-state index contributed by atoms with van der Waals surface area (Å²) >= 11 is 1.58. The maximum Gasteiger partial charge on any atom is 0.246 e. The SMILES string of the molecule is Cc1ccc(C(=O)C2C(c3cccs3)C(C(=O)N3CCNCC3)N(C(=O)C3CCCC3)C2c2cccc(C)c2)cc1. The van der Waals surface area contributed by atoms with Crippen LogP contribution in [-0.2, 0) is 9.59 Å². The molecule has 6 nitrogen and oxygen atoms in total. The second-order valence-corrected chi connectivity index (χ2v) is 12.9. The Balaban J connectivity index is 1.56. The van der Waals surface area contributed by atoms with Crippen LogP contribution < -0.4 is 5.32 Å². The summed E-state index contributed by atoms with van der Waals surface area (Å²) in [4.78, 5) is 48.7. The summed E-state index contributed by atoms with van der Waals surface area (Å²) in [5, 5.41) is 5.36. The lowest BCUT2D eigenvalue weighted by atomic mass is 9.78. The molecule has 1 aromatic heterocycles. The first-order valence-electron chi connectivity index (χ1n) is 15.0. The van der Waals surface area contributed by atoms with Crippen molar-refractivity contribution in [3.63, 3.8) is 0 Å². The van der Waals surface area contributed by atoms with E-state index in [1.807, 2.05) is 83.6 Å². The molecule has 1 N–H and O–H groups in total. The van der Waals surface area contributed by atoms with E-state index in [-0.39, 0.29) is 23.5 Å². The lowest BCUT2D eigenvalue weighted by molar-refractivity contribution is -0.148. The highest BCUT2D eigenvalue weighted by molar-refractivity contribution is 7.10. The van der Waals surface area contributed by atoms with E-state index in [4.69, 9.17) is 0 Å². The summed E-state index contributed by atoms with van der Waals surface area (Å²) in [6.45, 7) is 6.71. The van der Waals surface area contributed by atoms with E-state index >= 15 is 0 Å². The van der Waals surface area contributed by atoms with Crippen LogP contribution in [0, 0.1) is 25.7 Å². The minimum absolute atomic E-state index is 0.00487. The Morgan fingerprint density at radius 1 is 0.854 bits per heavy atom. The number of rotatable bonds is 6. The highest BCUT2D eigenvalue weighted by atomic mass is 32.1. The van der Waals surface area contributed by atoms with Crippen molar-refractivity contribution in [1.29, 1.82) is 0 Å². The van der Waals surface area contributed by atoms with Crippen LogP contribution in [0.15, 0.2) is 66.0 Å². The van der Waals surface area contributed by atoms with Crippen molar-refractivity contribution in [2.45, 2.75) is 57.5 Å². The van der Waals surface area contributed by atoms with Crippen LogP contribution in [0.5, 0.6) is 0 Å². The van der Waals surface area contributed by atoms with Crippen LogP contribution in [0.3, 0.4) is 0 Å². The molecule has 41 heavy (non-hydrogen) atoms. The van der Waals surface area contributed by atoms with Gasteiger partial charge in [0.05, 0.1) is 12.0 Å². The van der Waals surface area contributed by atoms with Crippen LogP contribution in [0.25, 0.3) is 0 Å². The summed E-state index contributed by atoms with van der Waals surface area (Å²) in [5.41, 5.74) is 3.71. The number of nitrogens with one attached hydrogen (secondary N) is 1. The number of hydrogen-bond donors (Lipinski definition) is 1. The van der Waals surface area contributed by atoms with Crippen molar-refractivity contribution in [3.05, 3.63) is 93.2 Å². The summed E-state index contributed by atoms with van der Waals surface area (Å²) in [6, 6.07) is 18.7. The lowest BCUT2D eigenvalue weighted by Crippen LogP contribution is -2.55. The van der Waals surface area contributed by atoms with Crippen molar-refractivity contribution < 1.29 is 14.4 Å². The van der Waals surface area contributed by atoms with E-state index in [0.29, 0.717) is 18.7 Å². The van der Waals surface area contributed by atoms with Gasteiger partial charge in [0.25, 0.3) is 0 Å². The highest BCUT2D eigenvalue weighted by Crippen LogP contribution is 2.53. The molecular weight excluding hydrogens is 530 g/mol. The molecule has 0 bridgehead atoms. The standard InChI is InChI=1S/C34H39N3O3S/c1-22-12-14-24(15-13-22)32(38)29-28(27-11-6-20-41-27)31(34(40)36-18-16-35-17-19-36)37(33(39)25-8-3-4-9-25)30(29)26-10-5-7-23(2)21-26/h5-7,10-15,20-21,25,28-31,35H,3-4,8-9,16-19H2,1-2H3. The molecule has 7 heteroatoms. The maximum atomic E-state index is 14.7. The third-order valence-corrected chi connectivity index (χ3v) is 10.2. The first kappa shape index (κ1) is 27.9. The van der Waals surface area contributed by atoms with Crippen LogP contribution in [0.1, 0.15) is 69.6 Å². The molecule has 1 aliphatic carbocycles. The number of hydrogen-bond acceptors (Lipinski definition) is 5. The largest absolute Gasteiger partial charge is 0.338 e. The number of carbonyl (C=O) groups is 3. The van der Waals surface area contributed by atoms with Gasteiger partial charge in [-0.15, -0.1) is 11.3 Å². The zero-order valence-electron chi connectivity index (χ0n) is 23.9. The number of nitrogens with zero attached hydrogens (tertiary/aromatic N) is 2. The van der Waals surface area contributed by atoms with Crippen LogP contribution in [-0.4, -0.2) is 59.6 Å². The number of Topliss-reactive ketones (excluding diaryl/α,β-unsaturated/α-hetero) is 1. The topological polar surface area (TPSA) is 69.7 Å². The Morgan fingerprint density at radius 2 is 1.59 bits per heavy atom. The van der Waals surface area contributed by atoms with Gasteiger partial charge in [-0.2, -0.15) is 0 Å². The molecule has 2 aromatic carbocycles. The van der Waals surface area contributed by atoms with Crippen molar-refractivity contribution in [1.82, 2.24) is 15.1 Å². The zero-order valence-corrected chi connectivity index (χ0v) is 24.7. The average Bonchev–Trinajstić information content (AvgIpc) is 3.77. The smallest absolute Gasteiger partial charge is 0.246 e. The average molecular weight is 570 g/mol. The third-order valence-electron chi connectivity index (χ3n) is 9.20. The normalized spacial score (nSPS) is 25.0. The van der Waals surface area contributed by atoms with Gasteiger partial charge in [-0.25, -0.2) is 0 Å². The van der Waals surface area contributed by atoms with Gasteiger partial charge in [-0.3, -0.25) is 14.4 Å². The molecule has 4 unspecified atom stereocenters. The molecule has 1 saturated carbocycles. The molecule has 3 fully saturated rings. The van der Waals surface area contributed by atoms with Gasteiger partial charge in [0.15, 0.2) is 5.78 Å². The molecule has 3 aliphatic rings. The number of likely N-dealkylation sites (tertiary alicyclic amines) is 1. The molecule has 2 aliphatic heterocycles. The van der Waals surface area contributed by atoms with Gasteiger partial charge in [0.1, 0.15) is 6.04 Å². The summed E-state index contributed by atoms with van der Waals surface area (Å²) in [6.07, 6.45) is 3.72. The van der Waals surface area contributed by atoms with E-state index in [9.17, 15) is 14.4 Å². The van der Waals surface area contributed by atoms with Crippen molar-refractivity contribution in [2.24, 2.45) is 11.8 Å². The number of amides is 2. The Bertz CT molecular complexity index is 1390. The number of aryl methyl sites for hydroxylation is 2. The highest BCUT2D eigenvalue weighted by Gasteiger charge is 2.59. The predicted octanol–water partition coefficient (Wildman–Crippen LogP) is 5.52. The van der Waals surface area contributed by atoms with Crippen molar-refractivity contribution >= 4 is 28.9 Å². The maximum absolute atomic E-state index is 14.7. The second kappa shape index (κ2) is 11.9. The molecule has 4 atom stereocenters. The third kappa shape index (κ3) is 5.38. The van der Waals surface area contributed by atoms with Gasteiger partial charge < -0.3 is 15.1 Å². The molecule has 0 radical (unpaired) electrons. The molecule has 6 rings (SSSR count). The minimum Gasteiger partial charge on any atom is -0.338 e. The predicted molar refractivity (Wildman–Crippen MR) is 162 cm³/mol. The van der Waals surface area contributed by atoms with Crippen LogP contribution >= 0.6 is 11.3 Å². The molecule has 214 valence electrons. The lowest BCUT2D eigenvalue weighted by Gasteiger charge is -2.37. The van der Waals surface area contributed by atoms with Gasteiger partial charge in [0.2, 0.25) is 11.8 Å². The van der Waals surface area contributed by atoms with Crippen LogP contribution in [0.2, 0.25) is 0 Å². The van der Waals surface area contributed by atoms with Crippen LogP contribution in [0.4, 0.5) is 0 Å². The molecule has 3 aromatic rings. The van der Waals surface area contributed by atoms with Gasteiger partial charge in [-0.1, -0.05) is 78.6 Å². The van der Waals surface area contributed by atoms with Gasteiger partial charge in [-0.05, 0) is 43.7 Å². The summed E-state index contributed by atoms with van der Waals surface area (Å²) in [7, 11) is 0. The fourth-order valence-corrected chi connectivity index (χ4v) is 8.07. The molecule has 3 heterocycles. The Kier molecular flexibility index (Phi) is 8.09. The Labute approximate surface area is 246 Å². The number of ketones is 1. The first-order chi connectivity index (χ1) is 19.9. The summed E-state index contributed by atoms with van der Waals surface area (Å²) < 4.78 is 0. The minimum atomic E-state index is -0.732. The van der Waals surface area contributed by atoms with Crippen molar-refractivity contribution in [3.8, 4) is 0 Å². The van der Waals surface area contributed by atoms with Crippen molar-refractivity contribution in [2.75, 3.05) is 26.2 Å². The van der Waals surface area contributed by atoms with E-state index in [0.717, 1.165) is 60.3 Å². The molecule has 0 spiro atoms. The first-order valence-corrected chi connectivity index (χ1v) is 15.8. The fourth-order valence-electron chi connectivity index (χ4n) is 7.17. The quantitative estimate of drug-likeness (QED) is 0.397. The number of carbonyl (C=O) groups excluding carboxylic acids is 3. The van der Waals surface area contributed by atoms with Gasteiger partial charge in [0, 0.05) is 48.5 Å². The summed E-state index contributed by atoms with van der Waals surface area (Å²) in [5.74, 6) is -1.13. The number of thiophene rings is 1. The zero-order chi connectivity index (χ0) is 28.5. The number of benzene rings is 2. The molecule has 2 saturated heterocycles. The Hall–Kier alpha value is -3.29. The number of piperazine rings is 1. The van der Waals surface area contributed by atoms with E-state index in [2.05, 4.69) is 11.4 Å². The van der Waals surface area contributed by atoms with E-state index in [1.54, 1.807) is 11.3 Å². The van der Waals surface area contributed by atoms with E-state index in [1.165, 1.54) is 0 Å². The van der Waals surface area contributed by atoms with E-state index < -0.39 is 23.9 Å². The monoisotopic (exact) mass is 569 g/mol.